The van der Waals surface area contributed by atoms with Crippen molar-refractivity contribution in [3.05, 3.63) is 29.7 Å². The highest BCUT2D eigenvalue weighted by Gasteiger charge is 2.12. The van der Waals surface area contributed by atoms with E-state index in [1.54, 1.807) is 29.7 Å². The van der Waals surface area contributed by atoms with Crippen molar-refractivity contribution in [2.75, 3.05) is 13.1 Å². The predicted molar refractivity (Wildman–Crippen MR) is 57.7 cm³/mol. The van der Waals surface area contributed by atoms with Crippen molar-refractivity contribution in [3.63, 3.8) is 0 Å². The van der Waals surface area contributed by atoms with Gasteiger partial charge in [0.2, 0.25) is 10.0 Å². The first-order valence-corrected chi connectivity index (χ1v) is 6.41. The third-order valence-electron chi connectivity index (χ3n) is 1.45. The molecule has 6 heteroatoms. The summed E-state index contributed by atoms with van der Waals surface area (Å²) < 4.78 is 25.7. The quantitative estimate of drug-likeness (QED) is 0.728. The Balaban J connectivity index is 2.56. The molecule has 1 rings (SSSR count). The molecule has 14 heavy (non-hydrogen) atoms. The van der Waals surface area contributed by atoms with Crippen molar-refractivity contribution in [2.45, 2.75) is 4.21 Å². The highest BCUT2D eigenvalue weighted by molar-refractivity contribution is 7.91. The summed E-state index contributed by atoms with van der Waals surface area (Å²) in [5.41, 5.74) is 5.21. The first kappa shape index (κ1) is 11.4. The molecule has 0 amide bonds. The average Bonchev–Trinajstić information content (AvgIpc) is 2.65. The van der Waals surface area contributed by atoms with Crippen molar-refractivity contribution < 1.29 is 8.42 Å². The zero-order chi connectivity index (χ0) is 10.4. The topological polar surface area (TPSA) is 72.2 Å². The van der Waals surface area contributed by atoms with Crippen molar-refractivity contribution in [2.24, 2.45) is 5.73 Å². The van der Waals surface area contributed by atoms with E-state index < -0.39 is 10.0 Å². The van der Waals surface area contributed by atoms with Crippen LogP contribution in [0.3, 0.4) is 0 Å². The predicted octanol–water partition coefficient (Wildman–Crippen LogP) is 0.541. The van der Waals surface area contributed by atoms with E-state index in [0.29, 0.717) is 10.8 Å². The molecule has 3 N–H and O–H groups in total. The molecule has 0 saturated carbocycles. The molecule has 0 fully saturated rings. The van der Waals surface area contributed by atoms with E-state index in [1.165, 1.54) is 11.3 Å². The van der Waals surface area contributed by atoms with E-state index >= 15 is 0 Å². The smallest absolute Gasteiger partial charge is 0.250 e. The Kier molecular flexibility index (Phi) is 4.27. The van der Waals surface area contributed by atoms with Gasteiger partial charge in [-0.15, -0.1) is 11.3 Å². The highest BCUT2D eigenvalue weighted by atomic mass is 32.2. The second-order valence-corrected chi connectivity index (χ2v) is 5.43. The maximum atomic E-state index is 11.5. The van der Waals surface area contributed by atoms with E-state index in [-0.39, 0.29) is 6.54 Å². The van der Waals surface area contributed by atoms with Crippen LogP contribution in [-0.4, -0.2) is 21.5 Å². The van der Waals surface area contributed by atoms with Gasteiger partial charge in [-0.3, -0.25) is 0 Å². The van der Waals surface area contributed by atoms with Crippen molar-refractivity contribution in [1.82, 2.24) is 4.72 Å². The molecular formula is C8H12N2O2S2. The third-order valence-corrected chi connectivity index (χ3v) is 4.27. The van der Waals surface area contributed by atoms with E-state index in [4.69, 9.17) is 5.73 Å². The first-order chi connectivity index (χ1) is 6.67. The standard InChI is InChI=1S/C8H12N2O2S2/c9-5-1-2-6-10-14(11,12)8-4-3-7-13-8/h1-4,7,10H,5-6,9H2/b2-1+. The lowest BCUT2D eigenvalue weighted by molar-refractivity contribution is 0.587. The van der Waals surface area contributed by atoms with E-state index in [9.17, 15) is 8.42 Å². The molecule has 0 radical (unpaired) electrons. The molecule has 0 spiro atoms. The Bertz CT molecular complexity index is 381. The monoisotopic (exact) mass is 232 g/mol. The number of sulfonamides is 1. The van der Waals surface area contributed by atoms with Crippen LogP contribution in [0.5, 0.6) is 0 Å². The van der Waals surface area contributed by atoms with Gasteiger partial charge in [0.05, 0.1) is 0 Å². The fourth-order valence-corrected chi connectivity index (χ4v) is 2.84. The normalized spacial score (nSPS) is 12.4. The van der Waals surface area contributed by atoms with Gasteiger partial charge >= 0.3 is 0 Å². The summed E-state index contributed by atoms with van der Waals surface area (Å²) >= 11 is 1.19. The molecule has 78 valence electrons. The number of thiophene rings is 1. The van der Waals surface area contributed by atoms with Crippen LogP contribution < -0.4 is 10.5 Å². The summed E-state index contributed by atoms with van der Waals surface area (Å²) in [7, 11) is -3.32. The van der Waals surface area contributed by atoms with Crippen LogP contribution in [0.25, 0.3) is 0 Å². The summed E-state index contributed by atoms with van der Waals surface area (Å²) in [4.78, 5) is 0. The number of hydrogen-bond donors (Lipinski definition) is 2. The lowest BCUT2D eigenvalue weighted by atomic mass is 10.5. The number of hydrogen-bond acceptors (Lipinski definition) is 4. The van der Waals surface area contributed by atoms with Gasteiger partial charge < -0.3 is 5.73 Å². The van der Waals surface area contributed by atoms with Gasteiger partial charge in [0.15, 0.2) is 0 Å². The van der Waals surface area contributed by atoms with Gasteiger partial charge in [0, 0.05) is 13.1 Å². The average molecular weight is 232 g/mol. The Labute approximate surface area is 87.5 Å². The van der Waals surface area contributed by atoms with Crippen LogP contribution in [-0.2, 0) is 10.0 Å². The lowest BCUT2D eigenvalue weighted by Crippen LogP contribution is -2.22. The molecular weight excluding hydrogens is 220 g/mol. The van der Waals surface area contributed by atoms with Gasteiger partial charge in [0.25, 0.3) is 0 Å². The highest BCUT2D eigenvalue weighted by Crippen LogP contribution is 2.14. The van der Waals surface area contributed by atoms with Crippen LogP contribution in [0.1, 0.15) is 0 Å². The number of nitrogens with two attached hydrogens (primary N) is 1. The fourth-order valence-electron chi connectivity index (χ4n) is 0.825. The Morgan fingerprint density at radius 3 is 2.86 bits per heavy atom. The van der Waals surface area contributed by atoms with Crippen LogP contribution in [0, 0.1) is 0 Å². The Morgan fingerprint density at radius 1 is 1.50 bits per heavy atom. The molecule has 0 aromatic carbocycles. The summed E-state index contributed by atoms with van der Waals surface area (Å²) in [6.07, 6.45) is 3.39. The zero-order valence-electron chi connectivity index (χ0n) is 7.51. The van der Waals surface area contributed by atoms with E-state index in [0.717, 1.165) is 0 Å². The van der Waals surface area contributed by atoms with Crippen LogP contribution in [0.4, 0.5) is 0 Å². The second-order valence-electron chi connectivity index (χ2n) is 2.49. The van der Waals surface area contributed by atoms with E-state index in [2.05, 4.69) is 4.72 Å². The third kappa shape index (κ3) is 3.22. The minimum absolute atomic E-state index is 0.275. The van der Waals surface area contributed by atoms with Crippen LogP contribution in [0.15, 0.2) is 33.9 Å². The zero-order valence-corrected chi connectivity index (χ0v) is 9.14. The molecule has 0 unspecified atom stereocenters. The SMILES string of the molecule is NC/C=C/CNS(=O)(=O)c1cccs1. The minimum atomic E-state index is -3.32. The van der Waals surface area contributed by atoms with Gasteiger partial charge in [-0.2, -0.15) is 0 Å². The molecule has 0 bridgehead atoms. The molecule has 1 aromatic heterocycles. The number of nitrogens with one attached hydrogen (secondary N) is 1. The summed E-state index contributed by atoms with van der Waals surface area (Å²) in [5, 5.41) is 1.73. The second kappa shape index (κ2) is 5.26. The molecule has 0 aliphatic carbocycles. The lowest BCUT2D eigenvalue weighted by Gasteiger charge is -2.00. The molecule has 0 atom stereocenters. The summed E-state index contributed by atoms with van der Waals surface area (Å²) in [5.74, 6) is 0. The molecule has 1 aromatic rings. The first-order valence-electron chi connectivity index (χ1n) is 4.05. The maximum Gasteiger partial charge on any atom is 0.250 e. The summed E-state index contributed by atoms with van der Waals surface area (Å²) in [6.45, 7) is 0.693. The largest absolute Gasteiger partial charge is 0.327 e. The Morgan fingerprint density at radius 2 is 2.29 bits per heavy atom. The molecule has 0 aliphatic rings. The molecule has 1 heterocycles. The molecule has 0 aliphatic heterocycles. The van der Waals surface area contributed by atoms with E-state index in [1.807, 2.05) is 0 Å². The van der Waals surface area contributed by atoms with Gasteiger partial charge in [-0.25, -0.2) is 13.1 Å². The minimum Gasteiger partial charge on any atom is -0.327 e. The fraction of sp³-hybridized carbons (Fsp3) is 0.250. The summed E-state index contributed by atoms with van der Waals surface area (Å²) in [6, 6.07) is 3.27. The Hall–Kier alpha value is -0.690. The van der Waals surface area contributed by atoms with Crippen molar-refractivity contribution in [1.29, 1.82) is 0 Å². The maximum absolute atomic E-state index is 11.5. The van der Waals surface area contributed by atoms with Gasteiger partial charge in [0.1, 0.15) is 4.21 Å². The van der Waals surface area contributed by atoms with Crippen LogP contribution >= 0.6 is 11.3 Å². The van der Waals surface area contributed by atoms with Crippen molar-refractivity contribution in [3.8, 4) is 0 Å². The number of rotatable bonds is 5. The van der Waals surface area contributed by atoms with Gasteiger partial charge in [-0.05, 0) is 11.4 Å². The molecule has 0 saturated heterocycles. The van der Waals surface area contributed by atoms with Crippen molar-refractivity contribution >= 4 is 21.4 Å². The van der Waals surface area contributed by atoms with Crippen LogP contribution in [0.2, 0.25) is 0 Å². The molecule has 4 nitrogen and oxygen atoms in total. The van der Waals surface area contributed by atoms with Gasteiger partial charge in [-0.1, -0.05) is 18.2 Å².